The molecule has 0 spiro atoms. The number of aryl methyl sites for hydroxylation is 2. The average Bonchev–Trinajstić information content (AvgIpc) is 2.85. The predicted molar refractivity (Wildman–Crippen MR) is 69.4 cm³/mol. The maximum Gasteiger partial charge on any atom is 0.163 e. The van der Waals surface area contributed by atoms with E-state index in [0.29, 0.717) is 12.8 Å². The number of rotatable bonds is 6. The normalized spacial score (nSPS) is 10.5. The van der Waals surface area contributed by atoms with Crippen molar-refractivity contribution in [1.29, 1.82) is 0 Å². The van der Waals surface area contributed by atoms with Crippen LogP contribution in [-0.2, 0) is 13.0 Å². The Kier molecular flexibility index (Phi) is 4.23. The summed E-state index contributed by atoms with van der Waals surface area (Å²) in [5.41, 5.74) is 1.80. The van der Waals surface area contributed by atoms with Crippen LogP contribution in [0.5, 0.6) is 0 Å². The van der Waals surface area contributed by atoms with Crippen LogP contribution in [-0.4, -0.2) is 20.8 Å². The standard InChI is InChI=1S/C14H17N3O/c1-2-10-17-13(11-15-16-17)8-9-14(18)12-6-4-3-5-7-12/h3-7,11H,2,8-10H2,1H3. The average molecular weight is 243 g/mol. The number of carbonyl (C=O) groups is 1. The Bertz CT molecular complexity index is 505. The van der Waals surface area contributed by atoms with Crippen molar-refractivity contribution in [2.24, 2.45) is 0 Å². The fourth-order valence-electron chi connectivity index (χ4n) is 1.88. The number of aromatic nitrogens is 3. The monoisotopic (exact) mass is 243 g/mol. The molecule has 0 aliphatic carbocycles. The van der Waals surface area contributed by atoms with E-state index >= 15 is 0 Å². The van der Waals surface area contributed by atoms with Crippen molar-refractivity contribution < 1.29 is 4.79 Å². The van der Waals surface area contributed by atoms with Gasteiger partial charge in [0.2, 0.25) is 0 Å². The lowest BCUT2D eigenvalue weighted by Crippen LogP contribution is -2.07. The molecule has 0 N–H and O–H groups in total. The van der Waals surface area contributed by atoms with Gasteiger partial charge < -0.3 is 0 Å². The maximum atomic E-state index is 12.0. The molecule has 0 saturated heterocycles. The Morgan fingerprint density at radius 1 is 1.28 bits per heavy atom. The number of benzene rings is 1. The van der Waals surface area contributed by atoms with Gasteiger partial charge in [0.1, 0.15) is 0 Å². The molecule has 0 saturated carbocycles. The molecule has 2 aromatic rings. The molecule has 0 aliphatic rings. The molecule has 0 bridgehead atoms. The SMILES string of the molecule is CCCn1nncc1CCC(=O)c1ccccc1. The van der Waals surface area contributed by atoms with E-state index in [9.17, 15) is 4.79 Å². The minimum Gasteiger partial charge on any atom is -0.294 e. The Labute approximate surface area is 107 Å². The van der Waals surface area contributed by atoms with Gasteiger partial charge >= 0.3 is 0 Å². The van der Waals surface area contributed by atoms with E-state index in [1.165, 1.54) is 0 Å². The third-order valence-electron chi connectivity index (χ3n) is 2.84. The van der Waals surface area contributed by atoms with Crippen LogP contribution >= 0.6 is 0 Å². The summed E-state index contributed by atoms with van der Waals surface area (Å²) in [6.07, 6.45) is 3.96. The largest absolute Gasteiger partial charge is 0.294 e. The first-order valence-corrected chi connectivity index (χ1v) is 6.27. The van der Waals surface area contributed by atoms with Gasteiger partial charge in [-0.1, -0.05) is 42.5 Å². The van der Waals surface area contributed by atoms with Gasteiger partial charge in [0.25, 0.3) is 0 Å². The molecule has 2 rings (SSSR count). The highest BCUT2D eigenvalue weighted by Gasteiger charge is 2.08. The summed E-state index contributed by atoms with van der Waals surface area (Å²) in [6.45, 7) is 2.95. The second kappa shape index (κ2) is 6.10. The van der Waals surface area contributed by atoms with Gasteiger partial charge in [0, 0.05) is 18.5 Å². The molecule has 0 unspecified atom stereocenters. The van der Waals surface area contributed by atoms with Gasteiger partial charge in [-0.2, -0.15) is 0 Å². The van der Waals surface area contributed by atoms with E-state index in [1.54, 1.807) is 6.20 Å². The van der Waals surface area contributed by atoms with Gasteiger partial charge in [0.15, 0.2) is 5.78 Å². The van der Waals surface area contributed by atoms with Crippen LogP contribution in [0.15, 0.2) is 36.5 Å². The summed E-state index contributed by atoms with van der Waals surface area (Å²) < 4.78 is 1.87. The molecule has 1 aromatic carbocycles. The van der Waals surface area contributed by atoms with Crippen molar-refractivity contribution in [3.05, 3.63) is 47.8 Å². The number of hydrogen-bond acceptors (Lipinski definition) is 3. The second-order valence-electron chi connectivity index (χ2n) is 4.24. The first-order valence-electron chi connectivity index (χ1n) is 6.27. The van der Waals surface area contributed by atoms with Gasteiger partial charge in [-0.3, -0.25) is 4.79 Å². The van der Waals surface area contributed by atoms with Gasteiger partial charge in [0.05, 0.1) is 11.9 Å². The number of Topliss-reactive ketones (excluding diaryl/α,β-unsaturated/α-hetero) is 1. The van der Waals surface area contributed by atoms with E-state index < -0.39 is 0 Å². The molecule has 94 valence electrons. The zero-order valence-corrected chi connectivity index (χ0v) is 10.5. The predicted octanol–water partition coefficient (Wildman–Crippen LogP) is 2.50. The van der Waals surface area contributed by atoms with Gasteiger partial charge in [-0.05, 0) is 12.8 Å². The summed E-state index contributed by atoms with van der Waals surface area (Å²) in [7, 11) is 0. The summed E-state index contributed by atoms with van der Waals surface area (Å²) >= 11 is 0. The minimum atomic E-state index is 0.167. The molecule has 0 radical (unpaired) electrons. The molecule has 0 fully saturated rings. The molecule has 0 aliphatic heterocycles. The van der Waals surface area contributed by atoms with Crippen molar-refractivity contribution in [3.63, 3.8) is 0 Å². The molecule has 4 nitrogen and oxygen atoms in total. The third kappa shape index (κ3) is 3.03. The number of hydrogen-bond donors (Lipinski definition) is 0. The topological polar surface area (TPSA) is 47.8 Å². The maximum absolute atomic E-state index is 12.0. The minimum absolute atomic E-state index is 0.167. The third-order valence-corrected chi connectivity index (χ3v) is 2.84. The fraction of sp³-hybridized carbons (Fsp3) is 0.357. The van der Waals surface area contributed by atoms with E-state index in [2.05, 4.69) is 17.2 Å². The number of nitrogens with zero attached hydrogens (tertiary/aromatic N) is 3. The zero-order valence-electron chi connectivity index (χ0n) is 10.5. The highest BCUT2D eigenvalue weighted by atomic mass is 16.1. The van der Waals surface area contributed by atoms with E-state index in [-0.39, 0.29) is 5.78 Å². The summed E-state index contributed by atoms with van der Waals surface area (Å²) in [5.74, 6) is 0.167. The summed E-state index contributed by atoms with van der Waals surface area (Å²) in [6, 6.07) is 9.39. The Hall–Kier alpha value is -1.97. The van der Waals surface area contributed by atoms with Crippen molar-refractivity contribution in [1.82, 2.24) is 15.0 Å². The first kappa shape index (κ1) is 12.5. The lowest BCUT2D eigenvalue weighted by atomic mass is 10.1. The van der Waals surface area contributed by atoms with Crippen molar-refractivity contribution in [3.8, 4) is 0 Å². The number of ketones is 1. The molecular weight excluding hydrogens is 226 g/mol. The van der Waals surface area contributed by atoms with Gasteiger partial charge in [-0.15, -0.1) is 5.10 Å². The lowest BCUT2D eigenvalue weighted by Gasteiger charge is -2.04. The quantitative estimate of drug-likeness (QED) is 0.732. The molecule has 4 heteroatoms. The van der Waals surface area contributed by atoms with Crippen molar-refractivity contribution in [2.75, 3.05) is 0 Å². The zero-order chi connectivity index (χ0) is 12.8. The first-order chi connectivity index (χ1) is 8.81. The lowest BCUT2D eigenvalue weighted by molar-refractivity contribution is 0.0982. The van der Waals surface area contributed by atoms with Crippen LogP contribution in [0.25, 0.3) is 0 Å². The summed E-state index contributed by atoms with van der Waals surface area (Å²) in [4.78, 5) is 12.0. The molecule has 0 atom stereocenters. The Balaban J connectivity index is 1.95. The van der Waals surface area contributed by atoms with Crippen molar-refractivity contribution in [2.45, 2.75) is 32.7 Å². The van der Waals surface area contributed by atoms with Crippen LogP contribution in [0.4, 0.5) is 0 Å². The van der Waals surface area contributed by atoms with Gasteiger partial charge in [-0.25, -0.2) is 4.68 Å². The van der Waals surface area contributed by atoms with Crippen LogP contribution in [0.3, 0.4) is 0 Å². The molecule has 1 aromatic heterocycles. The number of carbonyl (C=O) groups excluding carboxylic acids is 1. The van der Waals surface area contributed by atoms with Crippen molar-refractivity contribution >= 4 is 5.78 Å². The fourth-order valence-corrected chi connectivity index (χ4v) is 1.88. The van der Waals surface area contributed by atoms with E-state index in [1.807, 2.05) is 35.0 Å². The van der Waals surface area contributed by atoms with E-state index in [0.717, 1.165) is 24.2 Å². The molecular formula is C14H17N3O. The highest BCUT2D eigenvalue weighted by Crippen LogP contribution is 2.08. The highest BCUT2D eigenvalue weighted by molar-refractivity contribution is 5.96. The van der Waals surface area contributed by atoms with E-state index in [4.69, 9.17) is 0 Å². The Morgan fingerprint density at radius 2 is 2.06 bits per heavy atom. The van der Waals surface area contributed by atoms with Crippen LogP contribution < -0.4 is 0 Å². The smallest absolute Gasteiger partial charge is 0.163 e. The van der Waals surface area contributed by atoms with Crippen LogP contribution in [0, 0.1) is 0 Å². The Morgan fingerprint density at radius 3 is 2.78 bits per heavy atom. The second-order valence-corrected chi connectivity index (χ2v) is 4.24. The molecule has 18 heavy (non-hydrogen) atoms. The molecule has 0 amide bonds. The van der Waals surface area contributed by atoms with Crippen LogP contribution in [0.2, 0.25) is 0 Å². The summed E-state index contributed by atoms with van der Waals surface area (Å²) in [5, 5.41) is 7.91. The van der Waals surface area contributed by atoms with Crippen LogP contribution in [0.1, 0.15) is 35.8 Å². The molecule has 1 heterocycles.